The number of amides is 2. The Morgan fingerprint density at radius 1 is 1.26 bits per heavy atom. The Bertz CT molecular complexity index is 391. The molecule has 106 valence electrons. The van der Waals surface area contributed by atoms with Crippen molar-refractivity contribution in [1.29, 1.82) is 0 Å². The maximum Gasteiger partial charge on any atom is 0.329 e. The molecule has 0 spiro atoms. The van der Waals surface area contributed by atoms with Crippen molar-refractivity contribution in [2.75, 3.05) is 6.54 Å². The topological polar surface area (TPSA) is 69.6 Å². The van der Waals surface area contributed by atoms with Gasteiger partial charge in [-0.25, -0.2) is 9.59 Å². The third-order valence-electron chi connectivity index (χ3n) is 4.90. The van der Waals surface area contributed by atoms with Crippen LogP contribution in [0.1, 0.15) is 45.4 Å². The molecule has 0 aromatic rings. The number of carboxylic acid groups (broad SMARTS) is 1. The van der Waals surface area contributed by atoms with Gasteiger partial charge < -0.3 is 15.3 Å². The average Bonchev–Trinajstić information content (AvgIpc) is 3.24. The normalized spacial score (nSPS) is 30.7. The van der Waals surface area contributed by atoms with E-state index in [1.807, 2.05) is 0 Å². The number of carbonyl (C=O) groups excluding carboxylic acids is 1. The fraction of sp³-hybridized carbons (Fsp3) is 0.857. The van der Waals surface area contributed by atoms with Crippen LogP contribution in [0.2, 0.25) is 0 Å². The first-order valence-electron chi connectivity index (χ1n) is 7.34. The Hall–Kier alpha value is -1.26. The molecule has 1 unspecified atom stereocenters. The Kier molecular flexibility index (Phi) is 2.95. The Morgan fingerprint density at radius 2 is 1.84 bits per heavy atom. The standard InChI is InChI=1S/C14H22N2O3/c1-14(12(17)18)7-2-8-16(14)13(19)15-11(9-3-4-9)10-5-6-10/h9-11H,2-8H2,1H3,(H,15,19)(H,17,18). The van der Waals surface area contributed by atoms with E-state index in [2.05, 4.69) is 5.32 Å². The lowest BCUT2D eigenvalue weighted by atomic mass is 9.99. The summed E-state index contributed by atoms with van der Waals surface area (Å²) in [5, 5.41) is 12.5. The number of nitrogens with zero attached hydrogens (tertiary/aromatic N) is 1. The Balaban J connectivity index is 1.67. The van der Waals surface area contributed by atoms with Gasteiger partial charge in [0.2, 0.25) is 0 Å². The number of carboxylic acids is 1. The van der Waals surface area contributed by atoms with E-state index in [-0.39, 0.29) is 12.1 Å². The highest BCUT2D eigenvalue weighted by atomic mass is 16.4. The van der Waals surface area contributed by atoms with Crippen molar-refractivity contribution in [2.45, 2.75) is 57.0 Å². The second kappa shape index (κ2) is 4.39. The lowest BCUT2D eigenvalue weighted by Crippen LogP contribution is -2.56. The number of rotatable bonds is 4. The summed E-state index contributed by atoms with van der Waals surface area (Å²) in [6, 6.07) is 0.109. The average molecular weight is 266 g/mol. The van der Waals surface area contributed by atoms with E-state index < -0.39 is 11.5 Å². The molecule has 1 aliphatic heterocycles. The second-order valence-electron chi connectivity index (χ2n) is 6.48. The molecule has 2 amide bonds. The largest absolute Gasteiger partial charge is 0.480 e. The first kappa shape index (κ1) is 12.8. The summed E-state index contributed by atoms with van der Waals surface area (Å²) in [5.41, 5.74) is -1.03. The molecule has 5 nitrogen and oxygen atoms in total. The first-order chi connectivity index (χ1) is 9.02. The highest BCUT2D eigenvalue weighted by molar-refractivity contribution is 5.86. The minimum absolute atomic E-state index is 0.175. The SMILES string of the molecule is CC1(C(=O)O)CCCN1C(=O)NC(C1CC1)C1CC1. The first-order valence-corrected chi connectivity index (χ1v) is 7.34. The van der Waals surface area contributed by atoms with Crippen LogP contribution in [0.25, 0.3) is 0 Å². The van der Waals surface area contributed by atoms with E-state index in [1.54, 1.807) is 6.92 Å². The maximum atomic E-state index is 12.4. The van der Waals surface area contributed by atoms with Crippen LogP contribution in [-0.4, -0.2) is 40.1 Å². The zero-order valence-corrected chi connectivity index (χ0v) is 11.4. The van der Waals surface area contributed by atoms with E-state index in [0.29, 0.717) is 24.8 Å². The number of hydrogen-bond acceptors (Lipinski definition) is 2. The molecular weight excluding hydrogens is 244 g/mol. The van der Waals surface area contributed by atoms with Crippen LogP contribution in [0.5, 0.6) is 0 Å². The minimum atomic E-state index is -1.03. The molecule has 3 fully saturated rings. The van der Waals surface area contributed by atoms with Crippen LogP contribution < -0.4 is 5.32 Å². The fourth-order valence-electron chi connectivity index (χ4n) is 3.26. The molecule has 3 aliphatic rings. The molecular formula is C14H22N2O3. The molecule has 3 rings (SSSR count). The van der Waals surface area contributed by atoms with Crippen molar-refractivity contribution in [1.82, 2.24) is 10.2 Å². The van der Waals surface area contributed by atoms with Crippen LogP contribution in [0.15, 0.2) is 0 Å². The predicted octanol–water partition coefficient (Wildman–Crippen LogP) is 1.82. The number of carbonyl (C=O) groups is 2. The quantitative estimate of drug-likeness (QED) is 0.815. The van der Waals surface area contributed by atoms with Crippen molar-refractivity contribution in [3.05, 3.63) is 0 Å². The highest BCUT2D eigenvalue weighted by Gasteiger charge is 2.48. The summed E-state index contributed by atoms with van der Waals surface area (Å²) in [7, 11) is 0. The van der Waals surface area contributed by atoms with Crippen molar-refractivity contribution in [2.24, 2.45) is 11.8 Å². The molecule has 0 radical (unpaired) electrons. The van der Waals surface area contributed by atoms with E-state index >= 15 is 0 Å². The third kappa shape index (κ3) is 2.30. The zero-order chi connectivity index (χ0) is 13.6. The number of hydrogen-bond donors (Lipinski definition) is 2. The molecule has 1 atom stereocenters. The zero-order valence-electron chi connectivity index (χ0n) is 11.4. The monoisotopic (exact) mass is 266 g/mol. The number of nitrogens with one attached hydrogen (secondary N) is 1. The Morgan fingerprint density at radius 3 is 2.32 bits per heavy atom. The summed E-state index contributed by atoms with van der Waals surface area (Å²) in [4.78, 5) is 25.3. The second-order valence-corrected chi connectivity index (χ2v) is 6.48. The molecule has 1 heterocycles. The van der Waals surface area contributed by atoms with Crippen molar-refractivity contribution in [3.63, 3.8) is 0 Å². The molecule has 2 aliphatic carbocycles. The molecule has 2 saturated carbocycles. The fourth-order valence-corrected chi connectivity index (χ4v) is 3.26. The molecule has 0 aromatic carbocycles. The molecule has 2 N–H and O–H groups in total. The third-order valence-corrected chi connectivity index (χ3v) is 4.90. The van der Waals surface area contributed by atoms with E-state index in [0.717, 1.165) is 6.42 Å². The van der Waals surface area contributed by atoms with Gasteiger partial charge in [0.05, 0.1) is 0 Å². The van der Waals surface area contributed by atoms with Crippen LogP contribution in [0.4, 0.5) is 4.79 Å². The van der Waals surface area contributed by atoms with E-state index in [4.69, 9.17) is 0 Å². The van der Waals surface area contributed by atoms with Crippen LogP contribution >= 0.6 is 0 Å². The van der Waals surface area contributed by atoms with Gasteiger partial charge in [-0.3, -0.25) is 0 Å². The number of urea groups is 1. The van der Waals surface area contributed by atoms with Crippen molar-refractivity contribution in [3.8, 4) is 0 Å². The summed E-state index contributed by atoms with van der Waals surface area (Å²) in [5.74, 6) is 0.375. The van der Waals surface area contributed by atoms with Gasteiger partial charge in [0.25, 0.3) is 0 Å². The summed E-state index contributed by atoms with van der Waals surface area (Å²) in [6.45, 7) is 2.21. The highest BCUT2D eigenvalue weighted by Crippen LogP contribution is 2.44. The Labute approximate surface area is 113 Å². The summed E-state index contributed by atoms with van der Waals surface area (Å²) >= 11 is 0. The van der Waals surface area contributed by atoms with E-state index in [9.17, 15) is 14.7 Å². The van der Waals surface area contributed by atoms with Crippen LogP contribution in [-0.2, 0) is 4.79 Å². The van der Waals surface area contributed by atoms with Gasteiger partial charge in [-0.2, -0.15) is 0 Å². The minimum Gasteiger partial charge on any atom is -0.480 e. The van der Waals surface area contributed by atoms with Gasteiger partial charge in [-0.1, -0.05) is 0 Å². The smallest absolute Gasteiger partial charge is 0.329 e. The molecule has 1 saturated heterocycles. The molecule has 5 heteroatoms. The maximum absolute atomic E-state index is 12.4. The summed E-state index contributed by atoms with van der Waals surface area (Å²) in [6.07, 6.45) is 6.14. The van der Waals surface area contributed by atoms with Crippen LogP contribution in [0, 0.1) is 11.8 Å². The van der Waals surface area contributed by atoms with Gasteiger partial charge in [0, 0.05) is 12.6 Å². The van der Waals surface area contributed by atoms with E-state index in [1.165, 1.54) is 30.6 Å². The van der Waals surface area contributed by atoms with Gasteiger partial charge in [-0.15, -0.1) is 0 Å². The summed E-state index contributed by atoms with van der Waals surface area (Å²) < 4.78 is 0. The molecule has 19 heavy (non-hydrogen) atoms. The number of likely N-dealkylation sites (tertiary alicyclic amines) is 1. The van der Waals surface area contributed by atoms with Gasteiger partial charge in [0.1, 0.15) is 5.54 Å². The predicted molar refractivity (Wildman–Crippen MR) is 69.7 cm³/mol. The number of aliphatic carboxylic acids is 1. The van der Waals surface area contributed by atoms with Gasteiger partial charge >= 0.3 is 12.0 Å². The lowest BCUT2D eigenvalue weighted by Gasteiger charge is -2.33. The van der Waals surface area contributed by atoms with Gasteiger partial charge in [0.15, 0.2) is 0 Å². The molecule has 0 aromatic heterocycles. The van der Waals surface area contributed by atoms with Crippen molar-refractivity contribution >= 4 is 12.0 Å². The lowest BCUT2D eigenvalue weighted by molar-refractivity contribution is -0.147. The van der Waals surface area contributed by atoms with Crippen molar-refractivity contribution < 1.29 is 14.7 Å². The van der Waals surface area contributed by atoms with Crippen LogP contribution in [0.3, 0.4) is 0 Å². The van der Waals surface area contributed by atoms with Gasteiger partial charge in [-0.05, 0) is 57.3 Å². The molecule has 0 bridgehead atoms.